The Morgan fingerprint density at radius 2 is 2.00 bits per heavy atom. The first kappa shape index (κ1) is 21.6. The fourth-order valence-electron chi connectivity index (χ4n) is 4.89. The van der Waals surface area contributed by atoms with E-state index < -0.39 is 5.97 Å². The van der Waals surface area contributed by atoms with Gasteiger partial charge < -0.3 is 14.6 Å². The van der Waals surface area contributed by atoms with Gasteiger partial charge in [0.05, 0.1) is 23.6 Å². The van der Waals surface area contributed by atoms with Crippen molar-refractivity contribution in [1.82, 2.24) is 9.47 Å². The molecule has 0 spiro atoms. The molecular formula is C26H27N3O3. The van der Waals surface area contributed by atoms with Crippen molar-refractivity contribution in [2.45, 2.75) is 51.6 Å². The van der Waals surface area contributed by atoms with E-state index in [1.54, 1.807) is 24.3 Å². The molecule has 1 aliphatic heterocycles. The number of amides is 1. The average molecular weight is 430 g/mol. The van der Waals surface area contributed by atoms with Crippen LogP contribution in [-0.4, -0.2) is 39.0 Å². The summed E-state index contributed by atoms with van der Waals surface area (Å²) in [6.45, 7) is 3.65. The van der Waals surface area contributed by atoms with Gasteiger partial charge in [0, 0.05) is 30.3 Å². The SMILES string of the molecule is CCn1c(CCC2CCCN2C(=O)Cc2ccccc2C(=O)O)cc2ccc(C#N)cc21. The van der Waals surface area contributed by atoms with Crippen molar-refractivity contribution in [3.05, 3.63) is 70.9 Å². The molecule has 4 rings (SSSR count). The first-order valence-electron chi connectivity index (χ1n) is 11.1. The number of nitriles is 1. The highest BCUT2D eigenvalue weighted by molar-refractivity contribution is 5.91. The average Bonchev–Trinajstić information content (AvgIpc) is 3.41. The molecule has 0 bridgehead atoms. The number of rotatable bonds is 7. The number of carboxylic acid groups (broad SMARTS) is 1. The third-order valence-corrected chi connectivity index (χ3v) is 6.46. The van der Waals surface area contributed by atoms with E-state index in [1.807, 2.05) is 23.1 Å². The molecule has 164 valence electrons. The molecule has 1 aromatic heterocycles. The van der Waals surface area contributed by atoms with E-state index in [0.29, 0.717) is 11.1 Å². The Labute approximate surface area is 187 Å². The smallest absolute Gasteiger partial charge is 0.335 e. The number of aryl methyl sites for hydroxylation is 2. The monoisotopic (exact) mass is 429 g/mol. The number of nitrogens with zero attached hydrogens (tertiary/aromatic N) is 3. The summed E-state index contributed by atoms with van der Waals surface area (Å²) in [5, 5.41) is 19.8. The van der Waals surface area contributed by atoms with Crippen LogP contribution in [0.5, 0.6) is 0 Å². The lowest BCUT2D eigenvalue weighted by Crippen LogP contribution is -2.37. The standard InChI is InChI=1S/C26H27N3O3/c1-2-28-22(15-20-10-9-18(17-27)14-24(20)28)12-11-21-7-5-13-29(21)25(30)16-19-6-3-4-8-23(19)26(31)32/h3-4,6,8-10,14-15,21H,2,5,7,11-13,16H2,1H3,(H,31,32). The minimum absolute atomic E-state index is 0.00380. The van der Waals surface area contributed by atoms with Gasteiger partial charge in [-0.2, -0.15) is 5.26 Å². The van der Waals surface area contributed by atoms with Crippen molar-refractivity contribution >= 4 is 22.8 Å². The summed E-state index contributed by atoms with van der Waals surface area (Å²) in [4.78, 5) is 26.5. The summed E-state index contributed by atoms with van der Waals surface area (Å²) in [5.41, 5.74) is 3.71. The predicted molar refractivity (Wildman–Crippen MR) is 122 cm³/mol. The molecule has 6 heteroatoms. The molecule has 1 unspecified atom stereocenters. The number of hydrogen-bond acceptors (Lipinski definition) is 3. The molecule has 1 fully saturated rings. The molecule has 6 nitrogen and oxygen atoms in total. The lowest BCUT2D eigenvalue weighted by molar-refractivity contribution is -0.131. The first-order chi connectivity index (χ1) is 15.5. The van der Waals surface area contributed by atoms with Crippen LogP contribution in [0.15, 0.2) is 48.5 Å². The van der Waals surface area contributed by atoms with Crippen molar-refractivity contribution in [1.29, 1.82) is 5.26 Å². The van der Waals surface area contributed by atoms with E-state index >= 15 is 0 Å². The summed E-state index contributed by atoms with van der Waals surface area (Å²) in [5.74, 6) is -1.01. The minimum Gasteiger partial charge on any atom is -0.478 e. The third kappa shape index (κ3) is 4.24. The summed E-state index contributed by atoms with van der Waals surface area (Å²) in [6, 6.07) is 17.1. The van der Waals surface area contributed by atoms with Crippen molar-refractivity contribution in [2.75, 3.05) is 6.54 Å². The highest BCUT2D eigenvalue weighted by Crippen LogP contribution is 2.27. The maximum absolute atomic E-state index is 13.0. The highest BCUT2D eigenvalue weighted by atomic mass is 16.4. The number of benzene rings is 2. The molecule has 1 atom stereocenters. The number of fused-ring (bicyclic) bond motifs is 1. The van der Waals surface area contributed by atoms with Gasteiger partial charge in [-0.25, -0.2) is 4.79 Å². The summed E-state index contributed by atoms with van der Waals surface area (Å²) in [7, 11) is 0. The van der Waals surface area contributed by atoms with Crippen LogP contribution >= 0.6 is 0 Å². The molecular weight excluding hydrogens is 402 g/mol. The van der Waals surface area contributed by atoms with E-state index in [-0.39, 0.29) is 23.9 Å². The number of carbonyl (C=O) groups is 2. The largest absolute Gasteiger partial charge is 0.478 e. The number of carboxylic acids is 1. The molecule has 0 aliphatic carbocycles. The Bertz CT molecular complexity index is 1200. The van der Waals surface area contributed by atoms with Crippen LogP contribution in [0.3, 0.4) is 0 Å². The summed E-state index contributed by atoms with van der Waals surface area (Å²) in [6.07, 6.45) is 3.78. The number of carbonyl (C=O) groups excluding carboxylic acids is 1. The van der Waals surface area contributed by atoms with Gasteiger partial charge in [-0.05, 0) is 67.8 Å². The zero-order valence-electron chi connectivity index (χ0n) is 18.3. The van der Waals surface area contributed by atoms with Crippen LogP contribution in [0.2, 0.25) is 0 Å². The molecule has 1 N–H and O–H groups in total. The molecule has 1 amide bonds. The van der Waals surface area contributed by atoms with Crippen LogP contribution in [0.4, 0.5) is 0 Å². The number of hydrogen-bond donors (Lipinski definition) is 1. The van der Waals surface area contributed by atoms with E-state index in [1.165, 1.54) is 5.69 Å². The molecule has 3 aromatic rings. The summed E-state index contributed by atoms with van der Waals surface area (Å²) >= 11 is 0. The van der Waals surface area contributed by atoms with Crippen molar-refractivity contribution in [3.8, 4) is 6.07 Å². The van der Waals surface area contributed by atoms with E-state index in [4.69, 9.17) is 0 Å². The number of aromatic nitrogens is 1. The van der Waals surface area contributed by atoms with E-state index in [2.05, 4.69) is 23.6 Å². The fraction of sp³-hybridized carbons (Fsp3) is 0.346. The van der Waals surface area contributed by atoms with Gasteiger partial charge in [0.2, 0.25) is 5.91 Å². The Morgan fingerprint density at radius 3 is 2.75 bits per heavy atom. The number of aromatic carboxylic acids is 1. The van der Waals surface area contributed by atoms with Crippen molar-refractivity contribution in [3.63, 3.8) is 0 Å². The van der Waals surface area contributed by atoms with Crippen LogP contribution in [-0.2, 0) is 24.2 Å². The van der Waals surface area contributed by atoms with Gasteiger partial charge in [-0.15, -0.1) is 0 Å². The second-order valence-corrected chi connectivity index (χ2v) is 8.33. The maximum Gasteiger partial charge on any atom is 0.335 e. The molecule has 32 heavy (non-hydrogen) atoms. The Kier molecular flexibility index (Phi) is 6.27. The highest BCUT2D eigenvalue weighted by Gasteiger charge is 2.29. The van der Waals surface area contributed by atoms with Crippen LogP contribution in [0.25, 0.3) is 10.9 Å². The topological polar surface area (TPSA) is 86.3 Å². The Hall–Kier alpha value is -3.59. The van der Waals surface area contributed by atoms with E-state index in [0.717, 1.165) is 49.7 Å². The third-order valence-electron chi connectivity index (χ3n) is 6.46. The normalized spacial score (nSPS) is 15.8. The molecule has 2 aromatic carbocycles. The lowest BCUT2D eigenvalue weighted by Gasteiger charge is -2.25. The van der Waals surface area contributed by atoms with Gasteiger partial charge in [-0.1, -0.05) is 24.3 Å². The zero-order chi connectivity index (χ0) is 22.7. The molecule has 0 saturated carbocycles. The first-order valence-corrected chi connectivity index (χ1v) is 11.1. The Morgan fingerprint density at radius 1 is 1.19 bits per heavy atom. The van der Waals surface area contributed by atoms with Crippen LogP contribution in [0, 0.1) is 11.3 Å². The van der Waals surface area contributed by atoms with Gasteiger partial charge in [-0.3, -0.25) is 4.79 Å². The van der Waals surface area contributed by atoms with Crippen molar-refractivity contribution in [2.24, 2.45) is 0 Å². The fourth-order valence-corrected chi connectivity index (χ4v) is 4.89. The number of likely N-dealkylation sites (tertiary alicyclic amines) is 1. The van der Waals surface area contributed by atoms with Crippen molar-refractivity contribution < 1.29 is 14.7 Å². The van der Waals surface area contributed by atoms with Gasteiger partial charge >= 0.3 is 5.97 Å². The maximum atomic E-state index is 13.0. The summed E-state index contributed by atoms with van der Waals surface area (Å²) < 4.78 is 2.25. The second kappa shape index (κ2) is 9.27. The zero-order valence-corrected chi connectivity index (χ0v) is 18.3. The lowest BCUT2D eigenvalue weighted by atomic mass is 10.0. The van der Waals surface area contributed by atoms with Gasteiger partial charge in [0.1, 0.15) is 0 Å². The van der Waals surface area contributed by atoms with Gasteiger partial charge in [0.25, 0.3) is 0 Å². The van der Waals surface area contributed by atoms with Crippen LogP contribution < -0.4 is 0 Å². The molecule has 1 aliphatic rings. The van der Waals surface area contributed by atoms with Gasteiger partial charge in [0.15, 0.2) is 0 Å². The minimum atomic E-state index is -1.00. The van der Waals surface area contributed by atoms with Crippen LogP contribution in [0.1, 0.15) is 53.4 Å². The quantitative estimate of drug-likeness (QED) is 0.603. The molecule has 1 saturated heterocycles. The second-order valence-electron chi connectivity index (χ2n) is 8.33. The molecule has 2 heterocycles. The van der Waals surface area contributed by atoms with E-state index in [9.17, 15) is 20.0 Å². The predicted octanol–water partition coefficient (Wildman–Crippen LogP) is 4.40. The Balaban J connectivity index is 1.48. The molecule has 0 radical (unpaired) electrons.